The van der Waals surface area contributed by atoms with Gasteiger partial charge in [-0.3, -0.25) is 18.9 Å². The Morgan fingerprint density at radius 1 is 1.04 bits per heavy atom. The summed E-state index contributed by atoms with van der Waals surface area (Å²) in [4.78, 5) is 59.6. The number of rotatable bonds is 18. The SMILES string of the molecule is Cc1[nH]c(C=C2C(=O)Nc3ccc(F)cc32)c(C)c1CCC(=O)N[C@@H](CC(=O)NCCCCC(CO)COP(=O)(O)O)Cc1ccc(F)c(F)c1. The van der Waals surface area contributed by atoms with Gasteiger partial charge in [-0.25, -0.2) is 17.7 Å². The van der Waals surface area contributed by atoms with E-state index in [-0.39, 0.29) is 56.7 Å². The first-order valence-electron chi connectivity index (χ1n) is 16.5. The van der Waals surface area contributed by atoms with Crippen LogP contribution in [-0.2, 0) is 36.3 Å². The van der Waals surface area contributed by atoms with Crippen molar-refractivity contribution >= 4 is 42.9 Å². The van der Waals surface area contributed by atoms with Gasteiger partial charge < -0.3 is 35.8 Å². The zero-order valence-electron chi connectivity index (χ0n) is 28.2. The first-order valence-corrected chi connectivity index (χ1v) is 18.0. The summed E-state index contributed by atoms with van der Waals surface area (Å²) in [5.41, 5.74) is 4.72. The zero-order valence-corrected chi connectivity index (χ0v) is 29.1. The number of anilines is 1. The Hall–Kier alpha value is -4.27. The summed E-state index contributed by atoms with van der Waals surface area (Å²) in [5.74, 6) is -4.15. The Morgan fingerprint density at radius 2 is 1.80 bits per heavy atom. The molecule has 16 heteroatoms. The van der Waals surface area contributed by atoms with Crippen LogP contribution in [0, 0.1) is 37.2 Å². The maximum atomic E-state index is 14.0. The van der Waals surface area contributed by atoms with Gasteiger partial charge in [0.1, 0.15) is 5.82 Å². The molecule has 0 fully saturated rings. The smallest absolute Gasteiger partial charge is 0.396 e. The lowest BCUT2D eigenvalue weighted by molar-refractivity contribution is -0.123. The molecule has 2 heterocycles. The highest BCUT2D eigenvalue weighted by Gasteiger charge is 2.26. The molecule has 2 atom stereocenters. The van der Waals surface area contributed by atoms with Crippen LogP contribution in [0.1, 0.15) is 65.7 Å². The third-order valence-electron chi connectivity index (χ3n) is 8.65. The third kappa shape index (κ3) is 11.6. The predicted molar refractivity (Wildman–Crippen MR) is 184 cm³/mol. The second-order valence-corrected chi connectivity index (χ2v) is 13.8. The van der Waals surface area contributed by atoms with Gasteiger partial charge in [-0.1, -0.05) is 12.5 Å². The molecular formula is C35H42F3N4O8P. The average molecular weight is 735 g/mol. The Morgan fingerprint density at radius 3 is 2.51 bits per heavy atom. The Bertz CT molecular complexity index is 1830. The van der Waals surface area contributed by atoms with Crippen molar-refractivity contribution in [3.05, 3.63) is 87.5 Å². The Balaban J connectivity index is 1.35. The number of aromatic nitrogens is 1. The summed E-state index contributed by atoms with van der Waals surface area (Å²) in [7, 11) is -4.65. The first kappa shape index (κ1) is 39.5. The number of hydrogen-bond donors (Lipinski definition) is 7. The average Bonchev–Trinajstić information content (AvgIpc) is 3.51. The van der Waals surface area contributed by atoms with Crippen molar-refractivity contribution in [2.24, 2.45) is 5.92 Å². The van der Waals surface area contributed by atoms with Crippen LogP contribution in [-0.4, -0.2) is 63.4 Å². The molecule has 3 amide bonds. The lowest BCUT2D eigenvalue weighted by Gasteiger charge is -2.19. The van der Waals surface area contributed by atoms with Gasteiger partial charge in [-0.05, 0) is 92.6 Å². The van der Waals surface area contributed by atoms with E-state index < -0.39 is 37.2 Å². The van der Waals surface area contributed by atoms with Crippen molar-refractivity contribution in [1.82, 2.24) is 15.6 Å². The number of amides is 3. The summed E-state index contributed by atoms with van der Waals surface area (Å²) in [6.07, 6.45) is 3.35. The lowest BCUT2D eigenvalue weighted by atomic mass is 10.0. The predicted octanol–water partition coefficient (Wildman–Crippen LogP) is 4.60. The van der Waals surface area contributed by atoms with E-state index in [1.165, 1.54) is 24.3 Å². The monoisotopic (exact) mass is 734 g/mol. The third-order valence-corrected chi connectivity index (χ3v) is 9.13. The van der Waals surface area contributed by atoms with E-state index in [4.69, 9.17) is 9.79 Å². The van der Waals surface area contributed by atoms with Gasteiger partial charge in [0.2, 0.25) is 11.8 Å². The minimum Gasteiger partial charge on any atom is -0.396 e. The van der Waals surface area contributed by atoms with Crippen LogP contribution in [0.2, 0.25) is 0 Å². The van der Waals surface area contributed by atoms with Gasteiger partial charge in [0.15, 0.2) is 11.6 Å². The largest absolute Gasteiger partial charge is 0.469 e. The van der Waals surface area contributed by atoms with Gasteiger partial charge in [-0.15, -0.1) is 0 Å². The molecule has 1 aliphatic heterocycles. The quantitative estimate of drug-likeness (QED) is 0.0561. The van der Waals surface area contributed by atoms with E-state index >= 15 is 0 Å². The maximum Gasteiger partial charge on any atom is 0.469 e. The number of benzene rings is 2. The number of carbonyl (C=O) groups excluding carboxylic acids is 3. The molecule has 4 rings (SSSR count). The molecule has 3 aromatic rings. The molecule has 0 saturated carbocycles. The molecule has 0 saturated heterocycles. The molecule has 7 N–H and O–H groups in total. The molecule has 0 spiro atoms. The number of phosphoric ester groups is 1. The molecule has 276 valence electrons. The fraction of sp³-hybridized carbons (Fsp3) is 0.400. The van der Waals surface area contributed by atoms with Crippen LogP contribution >= 0.6 is 7.82 Å². The fourth-order valence-corrected chi connectivity index (χ4v) is 6.36. The second kappa shape index (κ2) is 17.8. The molecular weight excluding hydrogens is 692 g/mol. The van der Waals surface area contributed by atoms with E-state index in [9.17, 15) is 37.2 Å². The number of aliphatic hydroxyl groups is 1. The maximum absolute atomic E-state index is 14.0. The number of fused-ring (bicyclic) bond motifs is 1. The van der Waals surface area contributed by atoms with Gasteiger partial charge >= 0.3 is 7.82 Å². The first-order chi connectivity index (χ1) is 24.1. The topological polar surface area (TPSA) is 190 Å². The number of carbonyl (C=O) groups is 3. The van der Waals surface area contributed by atoms with Crippen molar-refractivity contribution in [1.29, 1.82) is 0 Å². The number of aryl methyl sites for hydroxylation is 1. The zero-order chi connectivity index (χ0) is 37.3. The number of nitrogens with one attached hydrogen (secondary N) is 4. The molecule has 2 aromatic carbocycles. The highest BCUT2D eigenvalue weighted by molar-refractivity contribution is 7.46. The number of unbranched alkanes of at least 4 members (excludes halogenated alkanes) is 1. The van der Waals surface area contributed by atoms with Gasteiger partial charge in [-0.2, -0.15) is 0 Å². The second-order valence-electron chi connectivity index (χ2n) is 12.6. The highest BCUT2D eigenvalue weighted by atomic mass is 31.2. The number of H-pyrrole nitrogens is 1. The van der Waals surface area contributed by atoms with Crippen molar-refractivity contribution < 1.29 is 51.5 Å². The minimum atomic E-state index is -4.65. The molecule has 1 aromatic heterocycles. The number of halogens is 3. The van der Waals surface area contributed by atoms with Crippen molar-refractivity contribution in [3.63, 3.8) is 0 Å². The van der Waals surface area contributed by atoms with E-state index in [2.05, 4.69) is 25.5 Å². The molecule has 0 aliphatic carbocycles. The Labute approximate surface area is 293 Å². The van der Waals surface area contributed by atoms with Crippen LogP contribution in [0.15, 0.2) is 36.4 Å². The van der Waals surface area contributed by atoms with Crippen molar-refractivity contribution in [2.45, 2.75) is 64.8 Å². The summed E-state index contributed by atoms with van der Waals surface area (Å²) in [5, 5.41) is 17.7. The van der Waals surface area contributed by atoms with Crippen molar-refractivity contribution in [3.8, 4) is 0 Å². The standard InChI is InChI=1S/C35H42F3N4O8P/c1-20-26(21(2)40-32(20)17-28-27-15-24(36)7-10-31(27)42-35(28)46)8-11-33(44)41-25(13-22-6-9-29(37)30(38)14-22)16-34(45)39-12-4-3-5-23(18-43)19-50-51(47,48)49/h6-7,9-10,14-15,17,23,25,40,43H,3-5,8,11-13,16,18-19H2,1-2H3,(H,39,45)(H,41,44)(H,42,46)(H2,47,48,49)/t23?,25-/m1/s1. The van der Waals surface area contributed by atoms with Crippen LogP contribution in [0.25, 0.3) is 11.6 Å². The van der Waals surface area contributed by atoms with Gasteiger partial charge in [0, 0.05) is 60.6 Å². The van der Waals surface area contributed by atoms with Crippen LogP contribution in [0.5, 0.6) is 0 Å². The van der Waals surface area contributed by atoms with Crippen molar-refractivity contribution in [2.75, 3.05) is 25.1 Å². The summed E-state index contributed by atoms with van der Waals surface area (Å²) in [6.45, 7) is 3.31. The summed E-state index contributed by atoms with van der Waals surface area (Å²) < 4.78 is 56.8. The number of aromatic amines is 1. The molecule has 0 radical (unpaired) electrons. The fourth-order valence-electron chi connectivity index (χ4n) is 5.96. The highest BCUT2D eigenvalue weighted by Crippen LogP contribution is 2.37. The number of hydrogen-bond acceptors (Lipinski definition) is 6. The van der Waals surface area contributed by atoms with Crippen LogP contribution in [0.4, 0.5) is 18.9 Å². The normalized spacial score (nSPS) is 14.7. The van der Waals surface area contributed by atoms with E-state index in [1.807, 2.05) is 13.8 Å². The molecule has 0 bridgehead atoms. The summed E-state index contributed by atoms with van der Waals surface area (Å²) in [6, 6.07) is 6.67. The Kier molecular flexibility index (Phi) is 13.8. The van der Waals surface area contributed by atoms with E-state index in [0.717, 1.165) is 29.0 Å². The lowest BCUT2D eigenvalue weighted by Crippen LogP contribution is -2.41. The van der Waals surface area contributed by atoms with Crippen LogP contribution < -0.4 is 16.0 Å². The number of aliphatic hydroxyl groups excluding tert-OH is 1. The van der Waals surface area contributed by atoms with Gasteiger partial charge in [0.25, 0.3) is 5.91 Å². The van der Waals surface area contributed by atoms with Gasteiger partial charge in [0.05, 0.1) is 12.2 Å². The molecule has 51 heavy (non-hydrogen) atoms. The van der Waals surface area contributed by atoms with Crippen LogP contribution in [0.3, 0.4) is 0 Å². The molecule has 1 unspecified atom stereocenters. The minimum absolute atomic E-state index is 0.0394. The number of phosphoric acid groups is 1. The van der Waals surface area contributed by atoms with E-state index in [1.54, 1.807) is 6.08 Å². The van der Waals surface area contributed by atoms with E-state index in [0.29, 0.717) is 53.8 Å². The summed E-state index contributed by atoms with van der Waals surface area (Å²) >= 11 is 0. The molecule has 1 aliphatic rings. The molecule has 12 nitrogen and oxygen atoms in total.